The van der Waals surface area contributed by atoms with E-state index in [1.165, 1.54) is 22.2 Å². The largest absolute Gasteiger partial charge is 0.343 e. The zero-order chi connectivity index (χ0) is 17.4. The summed E-state index contributed by atoms with van der Waals surface area (Å²) in [5.41, 5.74) is 4.03. The Bertz CT molecular complexity index is 1060. The van der Waals surface area contributed by atoms with Crippen LogP contribution in [-0.2, 0) is 7.05 Å². The highest BCUT2D eigenvalue weighted by Gasteiger charge is 2.13. The van der Waals surface area contributed by atoms with Gasteiger partial charge in [0.15, 0.2) is 5.13 Å². The third-order valence-corrected chi connectivity index (χ3v) is 5.18. The van der Waals surface area contributed by atoms with Crippen LogP contribution < -0.4 is 5.32 Å². The highest BCUT2D eigenvalue weighted by Crippen LogP contribution is 2.32. The van der Waals surface area contributed by atoms with Crippen LogP contribution in [0.2, 0.25) is 0 Å². The maximum Gasteiger partial charge on any atom is 0.257 e. The molecule has 0 unspecified atom stereocenters. The molecule has 4 nitrogen and oxygen atoms in total. The molecule has 1 N–H and O–H groups in total. The van der Waals surface area contributed by atoms with Gasteiger partial charge in [-0.2, -0.15) is 0 Å². The Hall–Kier alpha value is -2.92. The molecule has 0 saturated heterocycles. The van der Waals surface area contributed by atoms with Crippen LogP contribution in [0, 0.1) is 6.92 Å². The van der Waals surface area contributed by atoms with Gasteiger partial charge in [0.05, 0.1) is 10.6 Å². The summed E-state index contributed by atoms with van der Waals surface area (Å²) >= 11 is 1.48. The molecule has 0 bridgehead atoms. The fourth-order valence-electron chi connectivity index (χ4n) is 2.85. The van der Waals surface area contributed by atoms with Gasteiger partial charge in [-0.15, -0.1) is 0 Å². The number of fused-ring (bicyclic) bond motifs is 1. The van der Waals surface area contributed by atoms with Crippen LogP contribution in [0.4, 0.5) is 5.13 Å². The van der Waals surface area contributed by atoms with Gasteiger partial charge in [0, 0.05) is 29.7 Å². The van der Waals surface area contributed by atoms with Crippen molar-refractivity contribution in [3.8, 4) is 10.6 Å². The maximum atomic E-state index is 12.3. The molecular formula is C20H17N3OS. The molecule has 0 aliphatic rings. The summed E-state index contributed by atoms with van der Waals surface area (Å²) < 4.78 is 2.15. The van der Waals surface area contributed by atoms with Crippen LogP contribution in [0.15, 0.2) is 60.8 Å². The molecule has 5 heteroatoms. The van der Waals surface area contributed by atoms with Crippen molar-refractivity contribution < 1.29 is 4.79 Å². The Morgan fingerprint density at radius 3 is 2.64 bits per heavy atom. The van der Waals surface area contributed by atoms with E-state index in [4.69, 9.17) is 0 Å². The van der Waals surface area contributed by atoms with Gasteiger partial charge in [-0.1, -0.05) is 47.2 Å². The molecular weight excluding hydrogens is 330 g/mol. The van der Waals surface area contributed by atoms with Crippen LogP contribution in [-0.4, -0.2) is 15.5 Å². The zero-order valence-electron chi connectivity index (χ0n) is 14.0. The number of nitrogens with one attached hydrogen (secondary N) is 1. The number of aromatic nitrogens is 2. The summed E-state index contributed by atoms with van der Waals surface area (Å²) in [5.74, 6) is -0.141. The summed E-state index contributed by atoms with van der Waals surface area (Å²) in [6, 6.07) is 17.9. The van der Waals surface area contributed by atoms with E-state index >= 15 is 0 Å². The van der Waals surface area contributed by atoms with Crippen LogP contribution in [0.25, 0.3) is 21.5 Å². The molecule has 25 heavy (non-hydrogen) atoms. The van der Waals surface area contributed by atoms with Crippen LogP contribution in [0.5, 0.6) is 0 Å². The Labute approximate surface area is 149 Å². The first-order chi connectivity index (χ1) is 12.1. The van der Waals surface area contributed by atoms with Gasteiger partial charge in [-0.3, -0.25) is 10.1 Å². The topological polar surface area (TPSA) is 46.9 Å². The molecule has 124 valence electrons. The standard InChI is InChI=1S/C20H17N3OS/c1-13-7-9-14(10-8-13)19(24)22-20-21-12-18(25-20)17-11-15-5-3-4-6-16(15)23(17)2/h3-12H,1-2H3,(H,21,22,24). The molecule has 2 heterocycles. The lowest BCUT2D eigenvalue weighted by molar-refractivity contribution is 0.102. The molecule has 0 radical (unpaired) electrons. The summed E-state index contributed by atoms with van der Waals surface area (Å²) in [5, 5.41) is 4.68. The first-order valence-corrected chi connectivity index (χ1v) is 8.82. The summed E-state index contributed by atoms with van der Waals surface area (Å²) in [6.07, 6.45) is 1.81. The summed E-state index contributed by atoms with van der Waals surface area (Å²) in [6.45, 7) is 2.00. The number of amides is 1. The number of nitrogens with zero attached hydrogens (tertiary/aromatic N) is 2. The smallest absolute Gasteiger partial charge is 0.257 e. The van der Waals surface area contributed by atoms with Crippen molar-refractivity contribution in [1.82, 2.24) is 9.55 Å². The van der Waals surface area contributed by atoms with E-state index in [-0.39, 0.29) is 5.91 Å². The second kappa shape index (κ2) is 6.18. The molecule has 0 aliphatic heterocycles. The number of rotatable bonds is 3. The third-order valence-electron chi connectivity index (χ3n) is 4.24. The van der Waals surface area contributed by atoms with E-state index in [0.717, 1.165) is 16.1 Å². The van der Waals surface area contributed by atoms with Crippen LogP contribution >= 0.6 is 11.3 Å². The fraction of sp³-hybridized carbons (Fsp3) is 0.100. The Morgan fingerprint density at radius 2 is 1.88 bits per heavy atom. The molecule has 0 atom stereocenters. The number of para-hydroxylation sites is 1. The molecule has 2 aromatic heterocycles. The number of thiazole rings is 1. The predicted octanol–water partition coefficient (Wildman–Crippen LogP) is 4.86. The van der Waals surface area contributed by atoms with Gasteiger partial charge in [0.2, 0.25) is 0 Å². The second-order valence-electron chi connectivity index (χ2n) is 6.00. The highest BCUT2D eigenvalue weighted by atomic mass is 32.1. The second-order valence-corrected chi connectivity index (χ2v) is 7.03. The van der Waals surface area contributed by atoms with Gasteiger partial charge in [-0.25, -0.2) is 4.98 Å². The van der Waals surface area contributed by atoms with Crippen molar-refractivity contribution >= 4 is 33.3 Å². The van der Waals surface area contributed by atoms with Crippen molar-refractivity contribution in [2.45, 2.75) is 6.92 Å². The van der Waals surface area contributed by atoms with Gasteiger partial charge < -0.3 is 4.57 Å². The molecule has 2 aromatic carbocycles. The third kappa shape index (κ3) is 2.94. The molecule has 0 saturated carbocycles. The van der Waals surface area contributed by atoms with E-state index in [0.29, 0.717) is 10.7 Å². The molecule has 4 rings (SSSR count). The lowest BCUT2D eigenvalue weighted by atomic mass is 10.1. The van der Waals surface area contributed by atoms with E-state index in [1.54, 1.807) is 0 Å². The minimum Gasteiger partial charge on any atom is -0.343 e. The van der Waals surface area contributed by atoms with Crippen molar-refractivity contribution in [3.05, 3.63) is 71.9 Å². The summed E-state index contributed by atoms with van der Waals surface area (Å²) in [7, 11) is 2.04. The Morgan fingerprint density at radius 1 is 1.12 bits per heavy atom. The SMILES string of the molecule is Cc1ccc(C(=O)Nc2ncc(-c3cc4ccccc4n3C)s2)cc1. The predicted molar refractivity (Wildman–Crippen MR) is 103 cm³/mol. The number of carbonyl (C=O) groups is 1. The molecule has 0 spiro atoms. The summed E-state index contributed by atoms with van der Waals surface area (Å²) in [4.78, 5) is 17.7. The first kappa shape index (κ1) is 15.6. The fourth-order valence-corrected chi connectivity index (χ4v) is 3.71. The zero-order valence-corrected chi connectivity index (χ0v) is 14.8. The average Bonchev–Trinajstić information content (AvgIpc) is 3.20. The number of hydrogen-bond acceptors (Lipinski definition) is 3. The van der Waals surface area contributed by atoms with Gasteiger partial charge in [0.1, 0.15) is 0 Å². The van der Waals surface area contributed by atoms with E-state index < -0.39 is 0 Å². The maximum absolute atomic E-state index is 12.3. The number of anilines is 1. The number of hydrogen-bond donors (Lipinski definition) is 1. The normalized spacial score (nSPS) is 11.0. The van der Waals surface area contributed by atoms with Gasteiger partial charge in [-0.05, 0) is 31.2 Å². The quantitative estimate of drug-likeness (QED) is 0.575. The van der Waals surface area contributed by atoms with Crippen molar-refractivity contribution in [1.29, 1.82) is 0 Å². The van der Waals surface area contributed by atoms with Crippen molar-refractivity contribution in [2.75, 3.05) is 5.32 Å². The van der Waals surface area contributed by atoms with Gasteiger partial charge >= 0.3 is 0 Å². The minimum atomic E-state index is -0.141. The van der Waals surface area contributed by atoms with Crippen LogP contribution in [0.3, 0.4) is 0 Å². The molecule has 0 aliphatic carbocycles. The highest BCUT2D eigenvalue weighted by molar-refractivity contribution is 7.19. The van der Waals surface area contributed by atoms with Crippen LogP contribution in [0.1, 0.15) is 15.9 Å². The monoisotopic (exact) mass is 347 g/mol. The van der Waals surface area contributed by atoms with E-state index in [1.807, 2.05) is 56.6 Å². The average molecular weight is 347 g/mol. The Balaban J connectivity index is 1.60. The van der Waals surface area contributed by atoms with Gasteiger partial charge in [0.25, 0.3) is 5.91 Å². The molecule has 0 fully saturated rings. The molecule has 1 amide bonds. The van der Waals surface area contributed by atoms with E-state index in [2.05, 4.69) is 33.1 Å². The lowest BCUT2D eigenvalue weighted by Crippen LogP contribution is -2.11. The first-order valence-electron chi connectivity index (χ1n) is 8.00. The number of aryl methyl sites for hydroxylation is 2. The van der Waals surface area contributed by atoms with E-state index in [9.17, 15) is 4.79 Å². The van der Waals surface area contributed by atoms with Crippen molar-refractivity contribution in [3.63, 3.8) is 0 Å². The number of carbonyl (C=O) groups excluding carboxylic acids is 1. The van der Waals surface area contributed by atoms with Crippen molar-refractivity contribution in [2.24, 2.45) is 7.05 Å². The number of benzene rings is 2. The minimum absolute atomic E-state index is 0.141. The molecule has 4 aromatic rings. The Kier molecular flexibility index (Phi) is 3.86. The lowest BCUT2D eigenvalue weighted by Gasteiger charge is -2.02.